The second kappa shape index (κ2) is 4.88. The highest BCUT2D eigenvalue weighted by atomic mass is 32.1. The number of likely N-dealkylation sites (tertiary alicyclic amines) is 1. The first-order valence-corrected chi connectivity index (χ1v) is 5.95. The second-order valence-corrected chi connectivity index (χ2v) is 4.66. The van der Waals surface area contributed by atoms with Gasteiger partial charge in [0.25, 0.3) is 0 Å². The minimum Gasteiger partial charge on any atom is -0.392 e. The third kappa shape index (κ3) is 2.38. The van der Waals surface area contributed by atoms with Crippen LogP contribution >= 0.6 is 12.2 Å². The number of hydrogen-bond acceptors (Lipinski definition) is 4. The van der Waals surface area contributed by atoms with Crippen molar-refractivity contribution in [3.63, 3.8) is 0 Å². The van der Waals surface area contributed by atoms with Crippen molar-refractivity contribution in [1.82, 2.24) is 19.7 Å². The monoisotopic (exact) mass is 239 g/mol. The Bertz CT molecular complexity index is 375. The molecule has 1 fully saturated rings. The number of aromatic nitrogens is 3. The van der Waals surface area contributed by atoms with E-state index in [9.17, 15) is 0 Å². The first-order valence-electron chi connectivity index (χ1n) is 5.54. The van der Waals surface area contributed by atoms with E-state index in [1.807, 2.05) is 7.05 Å². The Morgan fingerprint density at radius 3 is 3.06 bits per heavy atom. The van der Waals surface area contributed by atoms with Crippen LogP contribution in [0.25, 0.3) is 0 Å². The molecule has 0 amide bonds. The Morgan fingerprint density at radius 1 is 1.62 bits per heavy atom. The van der Waals surface area contributed by atoms with Gasteiger partial charge in [-0.25, -0.2) is 4.98 Å². The van der Waals surface area contributed by atoms with Crippen LogP contribution in [0.2, 0.25) is 0 Å². The van der Waals surface area contributed by atoms with Crippen molar-refractivity contribution in [3.8, 4) is 0 Å². The average Bonchev–Trinajstić information content (AvgIpc) is 2.65. The Morgan fingerprint density at radius 2 is 2.44 bits per heavy atom. The van der Waals surface area contributed by atoms with Crippen LogP contribution in [0.4, 0.5) is 0 Å². The van der Waals surface area contributed by atoms with E-state index in [0.717, 1.165) is 25.3 Å². The summed E-state index contributed by atoms with van der Waals surface area (Å²) in [5, 5.41) is 4.07. The van der Waals surface area contributed by atoms with Gasteiger partial charge in [-0.05, 0) is 19.4 Å². The van der Waals surface area contributed by atoms with E-state index in [2.05, 4.69) is 15.0 Å². The third-order valence-electron chi connectivity index (χ3n) is 3.09. The predicted molar refractivity (Wildman–Crippen MR) is 65.8 cm³/mol. The van der Waals surface area contributed by atoms with E-state index < -0.39 is 0 Å². The average molecular weight is 239 g/mol. The molecular weight excluding hydrogens is 222 g/mol. The van der Waals surface area contributed by atoms with E-state index in [0.29, 0.717) is 4.99 Å². The number of rotatable bonds is 3. The van der Waals surface area contributed by atoms with Gasteiger partial charge >= 0.3 is 0 Å². The molecule has 2 rings (SSSR count). The molecule has 1 aliphatic rings. The molecule has 0 bridgehead atoms. The molecule has 0 spiro atoms. The van der Waals surface area contributed by atoms with Crippen molar-refractivity contribution in [2.75, 3.05) is 6.54 Å². The molecule has 6 heteroatoms. The molecule has 2 heterocycles. The Labute approximate surface area is 101 Å². The molecule has 0 saturated carbocycles. The van der Waals surface area contributed by atoms with Gasteiger partial charge in [0.15, 0.2) is 0 Å². The summed E-state index contributed by atoms with van der Waals surface area (Å²) in [7, 11) is 1.90. The molecular formula is C10H17N5S. The van der Waals surface area contributed by atoms with Crippen LogP contribution in [0.15, 0.2) is 6.33 Å². The van der Waals surface area contributed by atoms with Crippen LogP contribution in [0.1, 0.15) is 25.1 Å². The molecule has 5 nitrogen and oxygen atoms in total. The van der Waals surface area contributed by atoms with Crippen molar-refractivity contribution in [1.29, 1.82) is 0 Å². The molecule has 1 aromatic heterocycles. The first-order chi connectivity index (χ1) is 7.68. The SMILES string of the molecule is Cn1ncnc1CN1CCCCC1C(N)=S. The van der Waals surface area contributed by atoms with E-state index >= 15 is 0 Å². The van der Waals surface area contributed by atoms with E-state index in [1.165, 1.54) is 12.8 Å². The topological polar surface area (TPSA) is 60.0 Å². The molecule has 1 aromatic rings. The Kier molecular flexibility index (Phi) is 3.50. The quantitative estimate of drug-likeness (QED) is 0.776. The number of thiocarbonyl (C=S) groups is 1. The highest BCUT2D eigenvalue weighted by Gasteiger charge is 2.25. The summed E-state index contributed by atoms with van der Waals surface area (Å²) in [6.07, 6.45) is 5.05. The summed E-state index contributed by atoms with van der Waals surface area (Å²) in [5.74, 6) is 0.961. The van der Waals surface area contributed by atoms with Crippen LogP contribution in [0.5, 0.6) is 0 Å². The van der Waals surface area contributed by atoms with Crippen molar-refractivity contribution in [2.45, 2.75) is 31.8 Å². The van der Waals surface area contributed by atoms with E-state index in [-0.39, 0.29) is 6.04 Å². The molecule has 0 radical (unpaired) electrons. The summed E-state index contributed by atoms with van der Waals surface area (Å²) in [6, 6.07) is 0.223. The standard InChI is InChI=1S/C10H17N5S/c1-14-9(12-7-13-14)6-15-5-3-2-4-8(15)10(11)16/h7-8H,2-6H2,1H3,(H2,11,16). The number of hydrogen-bond donors (Lipinski definition) is 1. The van der Waals surface area contributed by atoms with Gasteiger partial charge in [0, 0.05) is 7.05 Å². The number of nitrogens with zero attached hydrogens (tertiary/aromatic N) is 4. The molecule has 1 atom stereocenters. The summed E-state index contributed by atoms with van der Waals surface area (Å²) in [5.41, 5.74) is 5.77. The Balaban J connectivity index is 2.07. The van der Waals surface area contributed by atoms with Gasteiger partial charge in [0.1, 0.15) is 12.2 Å². The molecule has 88 valence electrons. The van der Waals surface area contributed by atoms with E-state index in [1.54, 1.807) is 11.0 Å². The lowest BCUT2D eigenvalue weighted by Gasteiger charge is -2.34. The summed E-state index contributed by atoms with van der Waals surface area (Å²) >= 11 is 5.11. The smallest absolute Gasteiger partial charge is 0.140 e. The van der Waals surface area contributed by atoms with Gasteiger partial charge in [-0.1, -0.05) is 18.6 Å². The normalized spacial score (nSPS) is 22.2. The van der Waals surface area contributed by atoms with E-state index in [4.69, 9.17) is 18.0 Å². The Hall–Kier alpha value is -1.01. The lowest BCUT2D eigenvalue weighted by Crippen LogP contribution is -2.46. The fourth-order valence-corrected chi connectivity index (χ4v) is 2.41. The van der Waals surface area contributed by atoms with Crippen LogP contribution in [0, 0.1) is 0 Å². The van der Waals surface area contributed by atoms with Gasteiger partial charge in [-0.2, -0.15) is 5.10 Å². The lowest BCUT2D eigenvalue weighted by molar-refractivity contribution is 0.178. The fourth-order valence-electron chi connectivity index (χ4n) is 2.15. The largest absolute Gasteiger partial charge is 0.392 e. The molecule has 1 unspecified atom stereocenters. The highest BCUT2D eigenvalue weighted by molar-refractivity contribution is 7.80. The van der Waals surface area contributed by atoms with Gasteiger partial charge in [-0.3, -0.25) is 9.58 Å². The van der Waals surface area contributed by atoms with Crippen molar-refractivity contribution in [3.05, 3.63) is 12.2 Å². The van der Waals surface area contributed by atoms with Crippen molar-refractivity contribution in [2.24, 2.45) is 12.8 Å². The third-order valence-corrected chi connectivity index (χ3v) is 3.36. The maximum absolute atomic E-state index is 5.77. The van der Waals surface area contributed by atoms with Gasteiger partial charge in [0.2, 0.25) is 0 Å². The van der Waals surface area contributed by atoms with Crippen molar-refractivity contribution < 1.29 is 0 Å². The van der Waals surface area contributed by atoms with Crippen molar-refractivity contribution >= 4 is 17.2 Å². The zero-order valence-corrected chi connectivity index (χ0v) is 10.3. The molecule has 0 aliphatic carbocycles. The molecule has 1 aliphatic heterocycles. The minimum atomic E-state index is 0.223. The fraction of sp³-hybridized carbons (Fsp3) is 0.700. The first kappa shape index (κ1) is 11.5. The highest BCUT2D eigenvalue weighted by Crippen LogP contribution is 2.18. The molecule has 16 heavy (non-hydrogen) atoms. The molecule has 2 N–H and O–H groups in total. The van der Waals surface area contributed by atoms with Crippen LogP contribution in [0.3, 0.4) is 0 Å². The molecule has 1 saturated heterocycles. The summed E-state index contributed by atoms with van der Waals surface area (Å²) < 4.78 is 1.80. The van der Waals surface area contributed by atoms with Crippen LogP contribution in [-0.4, -0.2) is 37.2 Å². The summed E-state index contributed by atoms with van der Waals surface area (Å²) in [6.45, 7) is 1.81. The zero-order valence-electron chi connectivity index (χ0n) is 9.46. The minimum absolute atomic E-state index is 0.223. The predicted octanol–water partition coefficient (Wildman–Crippen LogP) is 0.456. The zero-order chi connectivity index (χ0) is 11.5. The maximum Gasteiger partial charge on any atom is 0.140 e. The van der Waals surface area contributed by atoms with Gasteiger partial charge in [-0.15, -0.1) is 0 Å². The second-order valence-electron chi connectivity index (χ2n) is 4.18. The summed E-state index contributed by atoms with van der Waals surface area (Å²) in [4.78, 5) is 7.13. The number of aryl methyl sites for hydroxylation is 1. The van der Waals surface area contributed by atoms with Gasteiger partial charge < -0.3 is 5.73 Å². The number of nitrogens with two attached hydrogens (primary N) is 1. The van der Waals surface area contributed by atoms with Gasteiger partial charge in [0.05, 0.1) is 17.6 Å². The number of piperidine rings is 1. The molecule has 0 aromatic carbocycles. The van der Waals surface area contributed by atoms with Crippen LogP contribution in [-0.2, 0) is 13.6 Å². The maximum atomic E-state index is 5.77. The van der Waals surface area contributed by atoms with Crippen LogP contribution < -0.4 is 5.73 Å². The lowest BCUT2D eigenvalue weighted by atomic mass is 10.0.